The lowest BCUT2D eigenvalue weighted by Crippen LogP contribution is -2.30. The summed E-state index contributed by atoms with van der Waals surface area (Å²) in [5.74, 6) is 0. The molecule has 0 amide bonds. The number of nitrogens with one attached hydrogen (secondary N) is 2. The van der Waals surface area contributed by atoms with Crippen molar-refractivity contribution in [2.75, 3.05) is 11.9 Å². The standard InChI is InChI=1S/C16H19F3N4S/c1-11-10-12(2)23(22-11)9-5-8-20-15(24)21-14-7-4-3-6-13(14)16(17,18)19/h3-4,6-7,10H,5,8-9H2,1-2H3,(H2,20,21,24). The van der Waals surface area contributed by atoms with Gasteiger partial charge in [0, 0.05) is 18.8 Å². The van der Waals surface area contributed by atoms with Crippen molar-refractivity contribution < 1.29 is 13.2 Å². The maximum atomic E-state index is 12.9. The molecule has 24 heavy (non-hydrogen) atoms. The summed E-state index contributed by atoms with van der Waals surface area (Å²) in [5.41, 5.74) is 1.24. The Bertz CT molecular complexity index is 710. The smallest absolute Gasteiger partial charge is 0.362 e. The molecule has 0 aliphatic rings. The van der Waals surface area contributed by atoms with Gasteiger partial charge < -0.3 is 10.6 Å². The molecule has 0 unspecified atom stereocenters. The van der Waals surface area contributed by atoms with Crippen LogP contribution in [-0.2, 0) is 12.7 Å². The Kier molecular flexibility index (Phi) is 5.82. The van der Waals surface area contributed by atoms with Crippen molar-refractivity contribution >= 4 is 23.0 Å². The van der Waals surface area contributed by atoms with E-state index in [1.165, 1.54) is 18.2 Å². The number of para-hydroxylation sites is 1. The second kappa shape index (κ2) is 7.65. The average Bonchev–Trinajstić information content (AvgIpc) is 2.81. The van der Waals surface area contributed by atoms with Gasteiger partial charge in [-0.25, -0.2) is 0 Å². The number of thiocarbonyl (C=S) groups is 1. The Labute approximate surface area is 144 Å². The summed E-state index contributed by atoms with van der Waals surface area (Å²) in [6, 6.07) is 7.25. The molecule has 0 aliphatic carbocycles. The molecule has 0 radical (unpaired) electrons. The van der Waals surface area contributed by atoms with Gasteiger partial charge in [0.2, 0.25) is 0 Å². The van der Waals surface area contributed by atoms with Gasteiger partial charge >= 0.3 is 6.18 Å². The van der Waals surface area contributed by atoms with E-state index in [0.717, 1.165) is 23.9 Å². The highest BCUT2D eigenvalue weighted by atomic mass is 32.1. The van der Waals surface area contributed by atoms with Crippen LogP contribution in [0.4, 0.5) is 18.9 Å². The van der Waals surface area contributed by atoms with Crippen LogP contribution in [0.25, 0.3) is 0 Å². The van der Waals surface area contributed by atoms with Crippen LogP contribution < -0.4 is 10.6 Å². The predicted molar refractivity (Wildman–Crippen MR) is 92.0 cm³/mol. The van der Waals surface area contributed by atoms with Gasteiger partial charge in [-0.15, -0.1) is 0 Å². The fourth-order valence-electron chi connectivity index (χ4n) is 2.34. The van der Waals surface area contributed by atoms with Gasteiger partial charge in [0.25, 0.3) is 0 Å². The van der Waals surface area contributed by atoms with E-state index in [-0.39, 0.29) is 10.8 Å². The first kappa shape index (κ1) is 18.3. The summed E-state index contributed by atoms with van der Waals surface area (Å²) in [5, 5.41) is 10.0. The number of nitrogens with zero attached hydrogens (tertiary/aromatic N) is 2. The van der Waals surface area contributed by atoms with Crippen molar-refractivity contribution in [3.05, 3.63) is 47.3 Å². The highest BCUT2D eigenvalue weighted by Crippen LogP contribution is 2.34. The molecule has 1 aromatic carbocycles. The van der Waals surface area contributed by atoms with Crippen LogP contribution in [-0.4, -0.2) is 21.4 Å². The molecule has 2 rings (SSSR count). The van der Waals surface area contributed by atoms with Crippen molar-refractivity contribution in [1.82, 2.24) is 15.1 Å². The first-order valence-corrected chi connectivity index (χ1v) is 7.90. The van der Waals surface area contributed by atoms with Gasteiger partial charge in [-0.2, -0.15) is 18.3 Å². The molecule has 1 aromatic heterocycles. The van der Waals surface area contributed by atoms with Crippen LogP contribution >= 0.6 is 12.2 Å². The molecule has 130 valence electrons. The molecule has 0 saturated carbocycles. The number of benzene rings is 1. The van der Waals surface area contributed by atoms with Gasteiger partial charge in [0.1, 0.15) is 0 Å². The zero-order valence-corrected chi connectivity index (χ0v) is 14.3. The minimum Gasteiger partial charge on any atom is -0.362 e. The van der Waals surface area contributed by atoms with Crippen LogP contribution in [0.3, 0.4) is 0 Å². The number of aromatic nitrogens is 2. The maximum absolute atomic E-state index is 12.9. The monoisotopic (exact) mass is 356 g/mol. The van der Waals surface area contributed by atoms with E-state index < -0.39 is 11.7 Å². The number of alkyl halides is 3. The fraction of sp³-hybridized carbons (Fsp3) is 0.375. The van der Waals surface area contributed by atoms with Gasteiger partial charge in [-0.05, 0) is 50.7 Å². The molecule has 0 saturated heterocycles. The highest BCUT2D eigenvalue weighted by Gasteiger charge is 2.33. The van der Waals surface area contributed by atoms with E-state index in [2.05, 4.69) is 15.7 Å². The van der Waals surface area contributed by atoms with E-state index in [9.17, 15) is 13.2 Å². The molecule has 4 nitrogen and oxygen atoms in total. The Morgan fingerprint density at radius 3 is 2.58 bits per heavy atom. The van der Waals surface area contributed by atoms with E-state index in [4.69, 9.17) is 12.2 Å². The van der Waals surface area contributed by atoms with Gasteiger partial charge in [-0.3, -0.25) is 4.68 Å². The summed E-state index contributed by atoms with van der Waals surface area (Å²) in [6.07, 6.45) is -3.67. The predicted octanol–water partition coefficient (Wildman–Crippen LogP) is 3.90. The second-order valence-electron chi connectivity index (χ2n) is 5.43. The molecule has 0 bridgehead atoms. The van der Waals surface area contributed by atoms with Crippen LogP contribution in [0.15, 0.2) is 30.3 Å². The van der Waals surface area contributed by atoms with Crippen molar-refractivity contribution in [2.24, 2.45) is 0 Å². The molecule has 0 atom stereocenters. The van der Waals surface area contributed by atoms with Crippen molar-refractivity contribution in [1.29, 1.82) is 0 Å². The largest absolute Gasteiger partial charge is 0.418 e. The first-order valence-electron chi connectivity index (χ1n) is 7.49. The van der Waals surface area contributed by atoms with Crippen LogP contribution in [0.1, 0.15) is 23.4 Å². The summed E-state index contributed by atoms with van der Waals surface area (Å²) in [6.45, 7) is 5.17. The number of hydrogen-bond acceptors (Lipinski definition) is 2. The van der Waals surface area contributed by atoms with Crippen molar-refractivity contribution in [2.45, 2.75) is 33.0 Å². The molecule has 2 aromatic rings. The number of hydrogen-bond donors (Lipinski definition) is 2. The summed E-state index contributed by atoms with van der Waals surface area (Å²) >= 11 is 5.07. The maximum Gasteiger partial charge on any atom is 0.418 e. The molecule has 2 N–H and O–H groups in total. The number of rotatable bonds is 5. The van der Waals surface area contributed by atoms with Crippen LogP contribution in [0.2, 0.25) is 0 Å². The summed E-state index contributed by atoms with van der Waals surface area (Å²) < 4.78 is 40.7. The third-order valence-electron chi connectivity index (χ3n) is 3.42. The van der Waals surface area contributed by atoms with Crippen molar-refractivity contribution in [3.8, 4) is 0 Å². The third kappa shape index (κ3) is 4.95. The quantitative estimate of drug-likeness (QED) is 0.630. The van der Waals surface area contributed by atoms with Crippen molar-refractivity contribution in [3.63, 3.8) is 0 Å². The molecule has 8 heteroatoms. The molecule has 0 fully saturated rings. The van der Waals surface area contributed by atoms with Gasteiger partial charge in [0.15, 0.2) is 5.11 Å². The molecule has 1 heterocycles. The lowest BCUT2D eigenvalue weighted by Gasteiger charge is -2.15. The Hall–Kier alpha value is -2.09. The second-order valence-corrected chi connectivity index (χ2v) is 5.84. The van der Waals surface area contributed by atoms with E-state index in [0.29, 0.717) is 13.1 Å². The number of halogens is 3. The van der Waals surface area contributed by atoms with Gasteiger partial charge in [0.05, 0.1) is 16.9 Å². The Balaban J connectivity index is 1.83. The normalized spacial score (nSPS) is 11.4. The zero-order valence-electron chi connectivity index (χ0n) is 13.4. The minimum absolute atomic E-state index is 0.0546. The SMILES string of the molecule is Cc1cc(C)n(CCCNC(=S)Nc2ccccc2C(F)(F)F)n1. The summed E-state index contributed by atoms with van der Waals surface area (Å²) in [4.78, 5) is 0. The molecular weight excluding hydrogens is 337 g/mol. The van der Waals surface area contributed by atoms with E-state index in [1.54, 1.807) is 0 Å². The third-order valence-corrected chi connectivity index (χ3v) is 3.66. The minimum atomic E-state index is -4.42. The van der Waals surface area contributed by atoms with Gasteiger partial charge in [-0.1, -0.05) is 12.1 Å². The molecular formula is C16H19F3N4S. The Morgan fingerprint density at radius 1 is 1.25 bits per heavy atom. The van der Waals surface area contributed by atoms with E-state index >= 15 is 0 Å². The van der Waals surface area contributed by atoms with Crippen LogP contribution in [0, 0.1) is 13.8 Å². The molecule has 0 spiro atoms. The highest BCUT2D eigenvalue weighted by molar-refractivity contribution is 7.80. The first-order chi connectivity index (χ1) is 11.3. The Morgan fingerprint density at radius 2 is 1.96 bits per heavy atom. The topological polar surface area (TPSA) is 41.9 Å². The number of anilines is 1. The zero-order chi connectivity index (χ0) is 17.7. The van der Waals surface area contributed by atoms with Crippen LogP contribution in [0.5, 0.6) is 0 Å². The lowest BCUT2D eigenvalue weighted by atomic mass is 10.1. The summed E-state index contributed by atoms with van der Waals surface area (Å²) in [7, 11) is 0. The average molecular weight is 356 g/mol. The molecule has 0 aliphatic heterocycles. The lowest BCUT2D eigenvalue weighted by molar-refractivity contribution is -0.136. The fourth-order valence-corrected chi connectivity index (χ4v) is 2.55. The van der Waals surface area contributed by atoms with E-state index in [1.807, 2.05) is 24.6 Å². The number of aryl methyl sites for hydroxylation is 3.